The minimum Gasteiger partial charge on any atom is -0.548 e. The van der Waals surface area contributed by atoms with Gasteiger partial charge in [-0.05, 0) is 18.1 Å². The number of benzene rings is 1. The lowest BCUT2D eigenvalue weighted by atomic mass is 10.00. The summed E-state index contributed by atoms with van der Waals surface area (Å²) in [6, 6.07) is 5.25. The average molecular weight is 295 g/mol. The molecule has 2 atom stereocenters. The first kappa shape index (κ1) is 14.5. The van der Waals surface area contributed by atoms with E-state index in [1.807, 2.05) is 6.92 Å². The van der Waals surface area contributed by atoms with Gasteiger partial charge in [0.2, 0.25) is 0 Å². The Labute approximate surface area is 117 Å². The van der Waals surface area contributed by atoms with Crippen LogP contribution in [-0.4, -0.2) is 26.3 Å². The van der Waals surface area contributed by atoms with E-state index in [-0.39, 0.29) is 16.6 Å². The molecule has 7 heteroatoms. The molecule has 0 fully saturated rings. The lowest BCUT2D eigenvalue weighted by molar-refractivity contribution is -0.308. The molecule has 0 aromatic heterocycles. The molecule has 1 aliphatic rings. The summed E-state index contributed by atoms with van der Waals surface area (Å²) in [5, 5.41) is 11.2. The fourth-order valence-corrected chi connectivity index (χ4v) is 3.24. The van der Waals surface area contributed by atoms with Crippen molar-refractivity contribution in [3.8, 4) is 0 Å². The van der Waals surface area contributed by atoms with Crippen molar-refractivity contribution in [3.63, 3.8) is 0 Å². The van der Waals surface area contributed by atoms with E-state index in [4.69, 9.17) is 0 Å². The maximum Gasteiger partial charge on any atom is 0.263 e. The molecule has 0 amide bonds. The summed E-state index contributed by atoms with van der Waals surface area (Å²) in [4.78, 5) is 15.3. The van der Waals surface area contributed by atoms with Crippen LogP contribution >= 0.6 is 0 Å². The Morgan fingerprint density at radius 3 is 2.65 bits per heavy atom. The van der Waals surface area contributed by atoms with Crippen LogP contribution in [0.25, 0.3) is 0 Å². The van der Waals surface area contributed by atoms with Crippen LogP contribution in [-0.2, 0) is 14.8 Å². The minimum absolute atomic E-state index is 0.0649. The molecule has 108 valence electrons. The number of rotatable bonds is 4. The van der Waals surface area contributed by atoms with Crippen LogP contribution in [0.4, 0.5) is 0 Å². The van der Waals surface area contributed by atoms with Crippen molar-refractivity contribution < 1.29 is 18.3 Å². The van der Waals surface area contributed by atoms with E-state index >= 15 is 0 Å². The zero-order chi connectivity index (χ0) is 14.9. The zero-order valence-corrected chi connectivity index (χ0v) is 12.0. The molecule has 2 rings (SSSR count). The summed E-state index contributed by atoms with van der Waals surface area (Å²) < 4.78 is 26.1. The summed E-state index contributed by atoms with van der Waals surface area (Å²) in [7, 11) is -3.65. The Bertz CT molecular complexity index is 667. The molecule has 6 nitrogen and oxygen atoms in total. The normalized spacial score (nSPS) is 21.0. The van der Waals surface area contributed by atoms with Crippen molar-refractivity contribution in [3.05, 3.63) is 29.8 Å². The third-order valence-corrected chi connectivity index (χ3v) is 4.75. The number of hydrogen-bond acceptors (Lipinski definition) is 5. The van der Waals surface area contributed by atoms with Gasteiger partial charge in [0.05, 0.1) is 16.9 Å². The highest BCUT2D eigenvalue weighted by atomic mass is 32.2. The van der Waals surface area contributed by atoms with E-state index in [2.05, 4.69) is 9.71 Å². The highest BCUT2D eigenvalue weighted by Crippen LogP contribution is 2.23. The van der Waals surface area contributed by atoms with Crippen molar-refractivity contribution in [1.82, 2.24) is 4.72 Å². The predicted molar refractivity (Wildman–Crippen MR) is 71.6 cm³/mol. The van der Waals surface area contributed by atoms with Crippen molar-refractivity contribution >= 4 is 21.8 Å². The van der Waals surface area contributed by atoms with Crippen molar-refractivity contribution in [2.45, 2.75) is 31.2 Å². The number of carbonyl (C=O) groups excluding carboxylic acids is 1. The number of fused-ring (bicyclic) bond motifs is 1. The van der Waals surface area contributed by atoms with E-state index in [1.165, 1.54) is 6.07 Å². The standard InChI is InChI=1S/C13H16N2O4S/c1-3-8(2)11(13(16)17)14-12-9-6-4-5-7-10(9)20(18,19)15-12/h4-8,11H,3H2,1-2H3,(H,14,15)(H,16,17)/p-1/t8-,11-/m0/s1. The van der Waals surface area contributed by atoms with Gasteiger partial charge in [0.1, 0.15) is 5.84 Å². The summed E-state index contributed by atoms with van der Waals surface area (Å²) in [5.74, 6) is -1.49. The summed E-state index contributed by atoms with van der Waals surface area (Å²) in [6.45, 7) is 3.58. The Morgan fingerprint density at radius 1 is 1.40 bits per heavy atom. The Kier molecular flexibility index (Phi) is 3.80. The Morgan fingerprint density at radius 2 is 2.05 bits per heavy atom. The number of aliphatic carboxylic acids is 1. The van der Waals surface area contributed by atoms with Gasteiger partial charge in [-0.25, -0.2) is 8.42 Å². The van der Waals surface area contributed by atoms with E-state index in [9.17, 15) is 18.3 Å². The summed E-state index contributed by atoms with van der Waals surface area (Å²) in [5.41, 5.74) is 0.391. The third-order valence-electron chi connectivity index (χ3n) is 3.36. The number of carboxylic acids is 1. The van der Waals surface area contributed by atoms with Crippen LogP contribution in [0.1, 0.15) is 25.8 Å². The molecule has 1 N–H and O–H groups in total. The van der Waals surface area contributed by atoms with Gasteiger partial charge in [-0.15, -0.1) is 0 Å². The number of nitrogens with zero attached hydrogens (tertiary/aromatic N) is 1. The third kappa shape index (κ3) is 2.53. The molecule has 1 heterocycles. The highest BCUT2D eigenvalue weighted by molar-refractivity contribution is 7.90. The lowest BCUT2D eigenvalue weighted by Gasteiger charge is -2.20. The zero-order valence-electron chi connectivity index (χ0n) is 11.2. The maximum atomic E-state index is 11.9. The van der Waals surface area contributed by atoms with Crippen LogP contribution < -0.4 is 9.83 Å². The number of hydrogen-bond donors (Lipinski definition) is 1. The number of nitrogens with one attached hydrogen (secondary N) is 1. The minimum atomic E-state index is -3.65. The van der Waals surface area contributed by atoms with Gasteiger partial charge >= 0.3 is 0 Å². The second-order valence-electron chi connectivity index (χ2n) is 4.73. The van der Waals surface area contributed by atoms with E-state index in [1.54, 1.807) is 25.1 Å². The first-order valence-corrected chi connectivity index (χ1v) is 7.76. The number of amidine groups is 1. The van der Waals surface area contributed by atoms with Gasteiger partial charge in [-0.1, -0.05) is 32.4 Å². The first-order valence-electron chi connectivity index (χ1n) is 6.27. The topological polar surface area (TPSA) is 98.7 Å². The SMILES string of the molecule is CC[C@H](C)[C@H](N=C1NS(=O)(=O)c2ccccc21)C(=O)[O-]. The lowest BCUT2D eigenvalue weighted by Crippen LogP contribution is -2.40. The van der Waals surface area contributed by atoms with Gasteiger partial charge in [0.25, 0.3) is 10.0 Å². The average Bonchev–Trinajstić information content (AvgIpc) is 2.67. The number of carbonyl (C=O) groups is 1. The van der Waals surface area contributed by atoms with Crippen LogP contribution in [0.3, 0.4) is 0 Å². The molecular weight excluding hydrogens is 280 g/mol. The smallest absolute Gasteiger partial charge is 0.263 e. The predicted octanol–water partition coefficient (Wildman–Crippen LogP) is -0.110. The number of sulfonamides is 1. The fraction of sp³-hybridized carbons (Fsp3) is 0.385. The number of aliphatic imine (C=N–C) groups is 1. The second-order valence-corrected chi connectivity index (χ2v) is 6.38. The fourth-order valence-electron chi connectivity index (χ4n) is 2.00. The van der Waals surface area contributed by atoms with E-state index in [0.717, 1.165) is 0 Å². The van der Waals surface area contributed by atoms with Gasteiger partial charge in [0, 0.05) is 5.56 Å². The van der Waals surface area contributed by atoms with Crippen molar-refractivity contribution in [2.24, 2.45) is 10.9 Å². The van der Waals surface area contributed by atoms with Crippen LogP contribution in [0.5, 0.6) is 0 Å². The van der Waals surface area contributed by atoms with Gasteiger partial charge in [-0.2, -0.15) is 0 Å². The monoisotopic (exact) mass is 295 g/mol. The quantitative estimate of drug-likeness (QED) is 0.837. The van der Waals surface area contributed by atoms with Crippen LogP contribution in [0.2, 0.25) is 0 Å². The summed E-state index contributed by atoms with van der Waals surface area (Å²) in [6.07, 6.45) is 0.601. The largest absolute Gasteiger partial charge is 0.548 e. The molecule has 0 saturated carbocycles. The molecule has 0 spiro atoms. The van der Waals surface area contributed by atoms with Gasteiger partial charge in [-0.3, -0.25) is 9.71 Å². The second kappa shape index (κ2) is 5.24. The van der Waals surface area contributed by atoms with Crippen LogP contribution in [0.15, 0.2) is 34.2 Å². The molecule has 0 unspecified atom stereocenters. The van der Waals surface area contributed by atoms with Gasteiger partial charge < -0.3 is 9.90 Å². The first-order chi connectivity index (χ1) is 9.36. The van der Waals surface area contributed by atoms with Crippen molar-refractivity contribution in [1.29, 1.82) is 0 Å². The molecule has 0 bridgehead atoms. The molecule has 0 aliphatic carbocycles. The molecule has 1 aromatic carbocycles. The molecule has 1 aromatic rings. The molecule has 1 aliphatic heterocycles. The highest BCUT2D eigenvalue weighted by Gasteiger charge is 2.31. The Hall–Kier alpha value is -1.89. The van der Waals surface area contributed by atoms with Crippen LogP contribution in [0, 0.1) is 5.92 Å². The van der Waals surface area contributed by atoms with E-state index in [0.29, 0.717) is 12.0 Å². The summed E-state index contributed by atoms with van der Waals surface area (Å²) >= 11 is 0. The molecule has 0 saturated heterocycles. The van der Waals surface area contributed by atoms with Gasteiger partial charge in [0.15, 0.2) is 0 Å². The number of carboxylic acid groups (broad SMARTS) is 1. The molecule has 0 radical (unpaired) electrons. The van der Waals surface area contributed by atoms with E-state index < -0.39 is 22.0 Å². The molecular formula is C13H15N2O4S-. The van der Waals surface area contributed by atoms with Crippen molar-refractivity contribution in [2.75, 3.05) is 0 Å². The molecule has 20 heavy (non-hydrogen) atoms. The maximum absolute atomic E-state index is 11.9. The Balaban J connectivity index is 2.49.